The molecule has 0 radical (unpaired) electrons. The van der Waals surface area contributed by atoms with E-state index in [0.717, 1.165) is 11.1 Å². The van der Waals surface area contributed by atoms with Crippen molar-refractivity contribution in [2.75, 3.05) is 0 Å². The Kier molecular flexibility index (Phi) is 12.9. The highest BCUT2D eigenvalue weighted by atomic mass is 35.5. The van der Waals surface area contributed by atoms with Crippen molar-refractivity contribution in [1.29, 1.82) is 0 Å². The van der Waals surface area contributed by atoms with Crippen LogP contribution in [0.5, 0.6) is 0 Å². The fourth-order valence-corrected chi connectivity index (χ4v) is 4.05. The molecular weight excluding hydrogens is 520 g/mol. The number of halogens is 4. The summed E-state index contributed by atoms with van der Waals surface area (Å²) in [5.74, 6) is 0.536. The SMILES string of the molecule is C.Cc1ccc2cc(C)ccc2c1.ClCc1ccc2cc(CCl)ccc2c1.F.O=C1CCC(=O)N1Cl. The van der Waals surface area contributed by atoms with E-state index in [0.29, 0.717) is 16.2 Å². The number of rotatable bonds is 2. The normalized spacial score (nSPS) is 12.2. The summed E-state index contributed by atoms with van der Waals surface area (Å²) in [6, 6.07) is 25.6. The van der Waals surface area contributed by atoms with Gasteiger partial charge >= 0.3 is 0 Å². The number of benzene rings is 4. The van der Waals surface area contributed by atoms with Crippen LogP contribution in [0.15, 0.2) is 72.8 Å². The molecule has 0 aromatic heterocycles. The minimum absolute atomic E-state index is 0. The molecule has 1 aliphatic heterocycles. The molecule has 0 saturated carbocycles. The highest BCUT2D eigenvalue weighted by Gasteiger charge is 2.26. The van der Waals surface area contributed by atoms with Gasteiger partial charge in [-0.25, -0.2) is 0 Å². The van der Waals surface area contributed by atoms with Gasteiger partial charge in [0, 0.05) is 36.4 Å². The third-order valence-corrected chi connectivity index (χ3v) is 6.41. The highest BCUT2D eigenvalue weighted by molar-refractivity contribution is 6.32. The predicted molar refractivity (Wildman–Crippen MR) is 153 cm³/mol. The van der Waals surface area contributed by atoms with Gasteiger partial charge in [0.25, 0.3) is 0 Å². The summed E-state index contributed by atoms with van der Waals surface area (Å²) in [7, 11) is 0. The number of hydrogen-bond donors (Lipinski definition) is 0. The van der Waals surface area contributed by atoms with E-state index in [1.54, 1.807) is 0 Å². The van der Waals surface area contributed by atoms with Crippen molar-refractivity contribution in [2.24, 2.45) is 0 Å². The van der Waals surface area contributed by atoms with Crippen LogP contribution >= 0.6 is 35.0 Å². The maximum atomic E-state index is 10.4. The Morgan fingerprint density at radius 3 is 1.28 bits per heavy atom. The van der Waals surface area contributed by atoms with Crippen molar-refractivity contribution in [3.63, 3.8) is 0 Å². The molecule has 192 valence electrons. The largest absolute Gasteiger partial charge is 0.273 e. The molecule has 2 amide bonds. The van der Waals surface area contributed by atoms with Crippen LogP contribution in [0.2, 0.25) is 0 Å². The fourth-order valence-electron chi connectivity index (χ4n) is 3.54. The minimum Gasteiger partial charge on any atom is -0.273 e. The van der Waals surface area contributed by atoms with Crippen LogP contribution in [-0.2, 0) is 21.3 Å². The quantitative estimate of drug-likeness (QED) is 0.142. The lowest BCUT2D eigenvalue weighted by molar-refractivity contribution is -0.132. The zero-order valence-corrected chi connectivity index (χ0v) is 21.8. The summed E-state index contributed by atoms with van der Waals surface area (Å²) in [4.78, 5) is 20.7. The van der Waals surface area contributed by atoms with Crippen LogP contribution in [0.25, 0.3) is 21.5 Å². The monoisotopic (exact) mass is 549 g/mol. The minimum atomic E-state index is -0.295. The molecule has 7 heteroatoms. The van der Waals surface area contributed by atoms with Gasteiger partial charge in [-0.1, -0.05) is 79.2 Å². The van der Waals surface area contributed by atoms with Crippen molar-refractivity contribution < 1.29 is 14.3 Å². The molecule has 4 aromatic carbocycles. The second-order valence-electron chi connectivity index (χ2n) is 8.21. The molecule has 0 spiro atoms. The first-order chi connectivity index (χ1) is 16.3. The van der Waals surface area contributed by atoms with Gasteiger partial charge in [0.2, 0.25) is 11.8 Å². The number of hydrogen-bond acceptors (Lipinski definition) is 2. The average molecular weight is 551 g/mol. The smallest absolute Gasteiger partial charge is 0.244 e. The lowest BCUT2D eigenvalue weighted by Gasteiger charge is -2.02. The average Bonchev–Trinajstić information content (AvgIpc) is 3.15. The molecule has 1 aliphatic rings. The molecule has 0 bridgehead atoms. The number of aryl methyl sites for hydroxylation is 2. The third kappa shape index (κ3) is 8.48. The van der Waals surface area contributed by atoms with Gasteiger partial charge in [-0.15, -0.1) is 23.2 Å². The number of alkyl halides is 2. The molecular formula is C29H31Cl3FNO2. The van der Waals surface area contributed by atoms with Gasteiger partial charge in [-0.3, -0.25) is 14.3 Å². The zero-order chi connectivity index (χ0) is 24.7. The van der Waals surface area contributed by atoms with Crippen molar-refractivity contribution in [3.8, 4) is 0 Å². The molecule has 1 heterocycles. The van der Waals surface area contributed by atoms with Crippen molar-refractivity contribution >= 4 is 68.3 Å². The Labute approximate surface area is 227 Å². The molecule has 0 atom stereocenters. The van der Waals surface area contributed by atoms with Crippen molar-refractivity contribution in [1.82, 2.24) is 4.42 Å². The van der Waals surface area contributed by atoms with Crippen LogP contribution < -0.4 is 0 Å². The van der Waals surface area contributed by atoms with Gasteiger partial charge < -0.3 is 0 Å². The fraction of sp³-hybridized carbons (Fsp3) is 0.241. The molecule has 0 aliphatic carbocycles. The first-order valence-corrected chi connectivity index (χ1v) is 12.3. The number of carbonyl (C=O) groups is 2. The number of imide groups is 1. The van der Waals surface area contributed by atoms with Crippen molar-refractivity contribution in [3.05, 3.63) is 95.1 Å². The maximum absolute atomic E-state index is 10.4. The highest BCUT2D eigenvalue weighted by Crippen LogP contribution is 2.20. The van der Waals surface area contributed by atoms with E-state index in [2.05, 4.69) is 74.5 Å². The van der Waals surface area contributed by atoms with E-state index in [1.165, 1.54) is 32.7 Å². The summed E-state index contributed by atoms with van der Waals surface area (Å²) < 4.78 is 0.639. The molecule has 0 N–H and O–H groups in total. The second kappa shape index (κ2) is 14.8. The first-order valence-electron chi connectivity index (χ1n) is 10.9. The van der Waals surface area contributed by atoms with Gasteiger partial charge in [-0.2, -0.15) is 4.42 Å². The van der Waals surface area contributed by atoms with Gasteiger partial charge in [-0.05, 0) is 58.7 Å². The van der Waals surface area contributed by atoms with Crippen molar-refractivity contribution in [2.45, 2.75) is 45.9 Å². The van der Waals surface area contributed by atoms with E-state index in [-0.39, 0.29) is 36.8 Å². The topological polar surface area (TPSA) is 37.4 Å². The Morgan fingerprint density at radius 2 is 0.972 bits per heavy atom. The van der Waals surface area contributed by atoms with Gasteiger partial charge in [0.1, 0.15) is 0 Å². The molecule has 3 nitrogen and oxygen atoms in total. The molecule has 36 heavy (non-hydrogen) atoms. The van der Waals surface area contributed by atoms with Crippen LogP contribution in [0, 0.1) is 13.8 Å². The standard InChI is InChI=1S/C12H10Cl2.C12H12.C4H4ClNO2.CH4.FH/c13-7-9-1-3-11-6-10(8-14)2-4-12(11)5-9;1-9-3-5-12-8-10(2)4-6-11(12)7-9;5-6-3(7)1-2-4(6)8;;/h1-6H,7-8H2;3-8H,1-2H3;1-2H2;1H4;1H. The summed E-state index contributed by atoms with van der Waals surface area (Å²) >= 11 is 16.7. The van der Waals surface area contributed by atoms with Crippen LogP contribution in [0.4, 0.5) is 4.70 Å². The second-order valence-corrected chi connectivity index (χ2v) is 9.08. The molecule has 1 fully saturated rings. The van der Waals surface area contributed by atoms with Crippen LogP contribution in [-0.4, -0.2) is 16.2 Å². The predicted octanol–water partition coefficient (Wildman–Crippen LogP) is 8.85. The molecule has 5 rings (SSSR count). The Balaban J connectivity index is 0.000000272. The van der Waals surface area contributed by atoms with Gasteiger partial charge in [0.05, 0.1) is 0 Å². The van der Waals surface area contributed by atoms with E-state index in [1.807, 2.05) is 12.1 Å². The van der Waals surface area contributed by atoms with Gasteiger partial charge in [0.15, 0.2) is 0 Å². The van der Waals surface area contributed by atoms with E-state index in [9.17, 15) is 9.59 Å². The van der Waals surface area contributed by atoms with E-state index >= 15 is 0 Å². The number of amides is 2. The zero-order valence-electron chi connectivity index (χ0n) is 19.6. The maximum Gasteiger partial charge on any atom is 0.244 e. The van der Waals surface area contributed by atoms with E-state index < -0.39 is 0 Å². The molecule has 0 unspecified atom stereocenters. The van der Waals surface area contributed by atoms with Crippen LogP contribution in [0.3, 0.4) is 0 Å². The number of nitrogens with zero attached hydrogens (tertiary/aromatic N) is 1. The Morgan fingerprint density at radius 1 is 0.639 bits per heavy atom. The summed E-state index contributed by atoms with van der Waals surface area (Å²) in [6.07, 6.45) is 0.532. The Bertz CT molecular complexity index is 1230. The van der Waals surface area contributed by atoms with Crippen LogP contribution in [0.1, 0.15) is 42.5 Å². The molecule has 4 aromatic rings. The lowest BCUT2D eigenvalue weighted by Crippen LogP contribution is -2.16. The third-order valence-electron chi connectivity index (χ3n) is 5.42. The summed E-state index contributed by atoms with van der Waals surface area (Å²) in [5.41, 5.74) is 4.95. The molecule has 1 saturated heterocycles. The summed E-state index contributed by atoms with van der Waals surface area (Å²) in [5, 5.41) is 5.11. The Hall–Kier alpha value is -2.66. The first kappa shape index (κ1) is 31.4. The van der Waals surface area contributed by atoms with E-state index in [4.69, 9.17) is 35.0 Å². The lowest BCUT2D eigenvalue weighted by atomic mass is 10.1. The number of fused-ring (bicyclic) bond motifs is 2. The summed E-state index contributed by atoms with van der Waals surface area (Å²) in [6.45, 7) is 4.25. The number of carbonyl (C=O) groups excluding carboxylic acids is 2.